The van der Waals surface area contributed by atoms with Gasteiger partial charge in [-0.15, -0.1) is 0 Å². The molecule has 0 spiro atoms. The van der Waals surface area contributed by atoms with Gasteiger partial charge >= 0.3 is 0 Å². The quantitative estimate of drug-likeness (QED) is 0.855. The molecule has 1 saturated heterocycles. The van der Waals surface area contributed by atoms with Crippen LogP contribution in [-0.2, 0) is 6.42 Å². The molecule has 2 rings (SSSR count). The number of nitrogens with zero attached hydrogens (tertiary/aromatic N) is 1. The van der Waals surface area contributed by atoms with Crippen LogP contribution >= 0.6 is 0 Å². The van der Waals surface area contributed by atoms with E-state index in [9.17, 15) is 0 Å². The van der Waals surface area contributed by atoms with Gasteiger partial charge in [0.2, 0.25) is 0 Å². The Labute approximate surface area is 124 Å². The van der Waals surface area contributed by atoms with Crippen molar-refractivity contribution in [2.24, 2.45) is 0 Å². The lowest BCUT2D eigenvalue weighted by molar-refractivity contribution is 0.107. The molecular formula is C18H30N2. The summed E-state index contributed by atoms with van der Waals surface area (Å²) in [7, 11) is 0. The fraction of sp³-hybridized carbons (Fsp3) is 0.667. The first-order valence-electron chi connectivity index (χ1n) is 8.08. The first-order valence-corrected chi connectivity index (χ1v) is 8.08. The van der Waals surface area contributed by atoms with Gasteiger partial charge in [0.1, 0.15) is 0 Å². The Morgan fingerprint density at radius 3 is 2.30 bits per heavy atom. The Morgan fingerprint density at radius 2 is 1.75 bits per heavy atom. The Kier molecular flexibility index (Phi) is 5.22. The molecule has 1 aromatic carbocycles. The molecule has 20 heavy (non-hydrogen) atoms. The Morgan fingerprint density at radius 1 is 1.15 bits per heavy atom. The third-order valence-corrected chi connectivity index (χ3v) is 4.78. The van der Waals surface area contributed by atoms with Crippen molar-refractivity contribution in [3.8, 4) is 0 Å². The SMILES string of the molecule is CCNC(Cc1ccc(C)cc1)C(C)(C)N1CCCC1. The fourth-order valence-electron chi connectivity index (χ4n) is 3.29. The standard InChI is InChI=1S/C18H30N2/c1-5-19-17(14-16-10-8-15(2)9-11-16)18(3,4)20-12-6-7-13-20/h8-11,17,19H,5-7,12-14H2,1-4H3. The van der Waals surface area contributed by atoms with E-state index < -0.39 is 0 Å². The van der Waals surface area contributed by atoms with Crippen molar-refractivity contribution < 1.29 is 0 Å². The maximum absolute atomic E-state index is 3.72. The maximum atomic E-state index is 3.72. The van der Waals surface area contributed by atoms with E-state index in [1.807, 2.05) is 0 Å². The minimum absolute atomic E-state index is 0.220. The van der Waals surface area contributed by atoms with E-state index in [1.54, 1.807) is 0 Å². The van der Waals surface area contributed by atoms with Crippen LogP contribution in [0.15, 0.2) is 24.3 Å². The molecular weight excluding hydrogens is 244 g/mol. The smallest absolute Gasteiger partial charge is 0.0309 e. The summed E-state index contributed by atoms with van der Waals surface area (Å²) < 4.78 is 0. The molecule has 1 heterocycles. The largest absolute Gasteiger partial charge is 0.312 e. The van der Waals surface area contributed by atoms with Gasteiger partial charge in [-0.2, -0.15) is 0 Å². The highest BCUT2D eigenvalue weighted by Crippen LogP contribution is 2.26. The lowest BCUT2D eigenvalue weighted by Crippen LogP contribution is -2.57. The minimum atomic E-state index is 0.220. The van der Waals surface area contributed by atoms with E-state index in [-0.39, 0.29) is 5.54 Å². The van der Waals surface area contributed by atoms with Gasteiger partial charge in [-0.25, -0.2) is 0 Å². The first kappa shape index (κ1) is 15.5. The molecule has 1 aliphatic heterocycles. The normalized spacial score (nSPS) is 18.4. The lowest BCUT2D eigenvalue weighted by Gasteiger charge is -2.42. The Hall–Kier alpha value is -0.860. The number of likely N-dealkylation sites (tertiary alicyclic amines) is 1. The molecule has 1 fully saturated rings. The second-order valence-electron chi connectivity index (χ2n) is 6.65. The second kappa shape index (κ2) is 6.73. The van der Waals surface area contributed by atoms with Crippen LogP contribution in [0.25, 0.3) is 0 Å². The van der Waals surface area contributed by atoms with Crippen LogP contribution in [-0.4, -0.2) is 36.1 Å². The Bertz CT molecular complexity index is 402. The number of aryl methyl sites for hydroxylation is 1. The average Bonchev–Trinajstić information content (AvgIpc) is 2.95. The summed E-state index contributed by atoms with van der Waals surface area (Å²) in [6, 6.07) is 9.51. The van der Waals surface area contributed by atoms with Gasteiger partial charge in [0.15, 0.2) is 0 Å². The number of hydrogen-bond acceptors (Lipinski definition) is 2. The van der Waals surface area contributed by atoms with Gasteiger partial charge in [-0.05, 0) is 65.2 Å². The molecule has 112 valence electrons. The van der Waals surface area contributed by atoms with Crippen LogP contribution in [0.4, 0.5) is 0 Å². The maximum Gasteiger partial charge on any atom is 0.0309 e. The van der Waals surface area contributed by atoms with Crippen molar-refractivity contribution >= 4 is 0 Å². The summed E-state index contributed by atoms with van der Waals surface area (Å²) in [6.45, 7) is 12.7. The van der Waals surface area contributed by atoms with Crippen LogP contribution in [0.2, 0.25) is 0 Å². The van der Waals surface area contributed by atoms with Crippen LogP contribution in [0.1, 0.15) is 44.7 Å². The highest BCUT2D eigenvalue weighted by Gasteiger charge is 2.36. The second-order valence-corrected chi connectivity index (χ2v) is 6.65. The average molecular weight is 274 g/mol. The number of benzene rings is 1. The van der Waals surface area contributed by atoms with E-state index in [0.717, 1.165) is 13.0 Å². The van der Waals surface area contributed by atoms with Crippen molar-refractivity contribution in [1.82, 2.24) is 10.2 Å². The molecule has 2 heteroatoms. The summed E-state index contributed by atoms with van der Waals surface area (Å²) in [4.78, 5) is 2.66. The summed E-state index contributed by atoms with van der Waals surface area (Å²) in [5, 5.41) is 3.72. The zero-order chi connectivity index (χ0) is 14.6. The number of nitrogens with one attached hydrogen (secondary N) is 1. The molecule has 0 aromatic heterocycles. The van der Waals surface area contributed by atoms with Gasteiger partial charge in [0.05, 0.1) is 0 Å². The van der Waals surface area contributed by atoms with Crippen molar-refractivity contribution in [2.45, 2.75) is 58.5 Å². The molecule has 1 aliphatic rings. The van der Waals surface area contributed by atoms with Gasteiger partial charge in [0, 0.05) is 11.6 Å². The molecule has 2 nitrogen and oxygen atoms in total. The van der Waals surface area contributed by atoms with Gasteiger partial charge in [-0.1, -0.05) is 36.8 Å². The zero-order valence-corrected chi connectivity index (χ0v) is 13.6. The van der Waals surface area contributed by atoms with Crippen LogP contribution in [0.5, 0.6) is 0 Å². The third-order valence-electron chi connectivity index (χ3n) is 4.78. The summed E-state index contributed by atoms with van der Waals surface area (Å²) >= 11 is 0. The van der Waals surface area contributed by atoms with Crippen LogP contribution in [0, 0.1) is 6.92 Å². The van der Waals surface area contributed by atoms with Crippen molar-refractivity contribution in [3.63, 3.8) is 0 Å². The highest BCUT2D eigenvalue weighted by atomic mass is 15.2. The van der Waals surface area contributed by atoms with E-state index in [2.05, 4.69) is 62.2 Å². The summed E-state index contributed by atoms with van der Waals surface area (Å²) in [5.74, 6) is 0. The molecule has 0 radical (unpaired) electrons. The van der Waals surface area contributed by atoms with Crippen molar-refractivity contribution in [3.05, 3.63) is 35.4 Å². The third kappa shape index (κ3) is 3.62. The monoisotopic (exact) mass is 274 g/mol. The lowest BCUT2D eigenvalue weighted by atomic mass is 9.87. The predicted octanol–water partition coefficient (Wildman–Crippen LogP) is 3.39. The summed E-state index contributed by atoms with van der Waals surface area (Å²) in [5.41, 5.74) is 3.00. The van der Waals surface area contributed by atoms with Crippen molar-refractivity contribution in [1.29, 1.82) is 0 Å². The number of likely N-dealkylation sites (N-methyl/N-ethyl adjacent to an activating group) is 1. The molecule has 1 atom stereocenters. The predicted molar refractivity (Wildman–Crippen MR) is 87.2 cm³/mol. The summed E-state index contributed by atoms with van der Waals surface area (Å²) in [6.07, 6.45) is 3.82. The van der Waals surface area contributed by atoms with Gasteiger partial charge < -0.3 is 5.32 Å². The van der Waals surface area contributed by atoms with E-state index >= 15 is 0 Å². The number of hydrogen-bond donors (Lipinski definition) is 1. The van der Waals surface area contributed by atoms with Gasteiger partial charge in [0.25, 0.3) is 0 Å². The topological polar surface area (TPSA) is 15.3 Å². The van der Waals surface area contributed by atoms with Crippen molar-refractivity contribution in [2.75, 3.05) is 19.6 Å². The zero-order valence-electron chi connectivity index (χ0n) is 13.6. The van der Waals surface area contributed by atoms with E-state index in [4.69, 9.17) is 0 Å². The molecule has 1 N–H and O–H groups in total. The molecule has 0 saturated carbocycles. The molecule has 0 aliphatic carbocycles. The van der Waals surface area contributed by atoms with E-state index in [0.29, 0.717) is 6.04 Å². The molecule has 1 unspecified atom stereocenters. The van der Waals surface area contributed by atoms with Gasteiger partial charge in [-0.3, -0.25) is 4.90 Å². The first-order chi connectivity index (χ1) is 9.54. The molecule has 1 aromatic rings. The van der Waals surface area contributed by atoms with Crippen LogP contribution in [0.3, 0.4) is 0 Å². The van der Waals surface area contributed by atoms with E-state index in [1.165, 1.54) is 37.1 Å². The fourth-order valence-corrected chi connectivity index (χ4v) is 3.29. The van der Waals surface area contributed by atoms with Crippen LogP contribution < -0.4 is 5.32 Å². The number of rotatable bonds is 6. The highest BCUT2D eigenvalue weighted by molar-refractivity contribution is 5.23. The molecule has 0 bridgehead atoms. The Balaban J connectivity index is 2.10. The minimum Gasteiger partial charge on any atom is -0.312 e. The molecule has 0 amide bonds.